The van der Waals surface area contributed by atoms with Crippen molar-refractivity contribution in [1.29, 1.82) is 0 Å². The van der Waals surface area contributed by atoms with Gasteiger partial charge in [0.25, 0.3) is 5.69 Å². The molecule has 1 aromatic rings. The molecule has 1 N–H and O–H groups in total. The van der Waals surface area contributed by atoms with Crippen molar-refractivity contribution in [3.63, 3.8) is 0 Å². The van der Waals surface area contributed by atoms with Crippen LogP contribution in [0, 0.1) is 10.1 Å². The van der Waals surface area contributed by atoms with E-state index in [1.807, 2.05) is 6.08 Å². The zero-order valence-electron chi connectivity index (χ0n) is 11.5. The lowest BCUT2D eigenvalue weighted by atomic mass is 10.2. The Hall–Kier alpha value is -1.81. The second-order valence-electron chi connectivity index (χ2n) is 4.41. The van der Waals surface area contributed by atoms with Crippen LogP contribution in [-0.2, 0) is 0 Å². The average molecular weight is 295 g/mol. The lowest BCUT2D eigenvalue weighted by molar-refractivity contribution is -0.384. The number of unbranched alkanes of at least 4 members (excludes halogenated alkanes) is 1. The molecule has 0 radical (unpaired) electrons. The van der Waals surface area contributed by atoms with Crippen molar-refractivity contribution in [2.75, 3.05) is 17.7 Å². The number of nitrogens with zero attached hydrogens (tertiary/aromatic N) is 1. The van der Waals surface area contributed by atoms with Crippen molar-refractivity contribution in [2.45, 2.75) is 19.8 Å². The van der Waals surface area contributed by atoms with E-state index in [1.165, 1.54) is 17.7 Å². The third kappa shape index (κ3) is 6.38. The van der Waals surface area contributed by atoms with E-state index in [1.54, 1.807) is 12.1 Å². The van der Waals surface area contributed by atoms with E-state index < -0.39 is 4.92 Å². The number of halogens is 1. The van der Waals surface area contributed by atoms with Crippen LogP contribution in [0.4, 0.5) is 11.4 Å². The number of hydrogen-bond donors (Lipinski definition) is 1. The molecular formula is C15H19ClN2O2. The van der Waals surface area contributed by atoms with E-state index in [0.29, 0.717) is 5.88 Å². The summed E-state index contributed by atoms with van der Waals surface area (Å²) in [5.41, 5.74) is 2.22. The van der Waals surface area contributed by atoms with Crippen molar-refractivity contribution in [1.82, 2.24) is 0 Å². The molecule has 0 saturated heterocycles. The number of rotatable bonds is 8. The minimum atomic E-state index is -0.400. The van der Waals surface area contributed by atoms with Gasteiger partial charge in [-0.05, 0) is 31.9 Å². The van der Waals surface area contributed by atoms with Crippen molar-refractivity contribution in [3.05, 3.63) is 58.2 Å². The molecule has 0 saturated carbocycles. The van der Waals surface area contributed by atoms with E-state index in [-0.39, 0.29) is 5.69 Å². The Labute approximate surface area is 124 Å². The first-order valence-electron chi connectivity index (χ1n) is 6.48. The van der Waals surface area contributed by atoms with Crippen LogP contribution >= 0.6 is 11.6 Å². The Morgan fingerprint density at radius 1 is 1.30 bits per heavy atom. The third-order valence-electron chi connectivity index (χ3n) is 2.73. The topological polar surface area (TPSA) is 55.2 Å². The number of nitro groups is 1. The Kier molecular flexibility index (Phi) is 7.43. The first kappa shape index (κ1) is 16.2. The highest BCUT2D eigenvalue weighted by molar-refractivity contribution is 6.18. The first-order chi connectivity index (χ1) is 9.63. The fourth-order valence-corrected chi connectivity index (χ4v) is 1.75. The van der Waals surface area contributed by atoms with E-state index in [2.05, 4.69) is 24.4 Å². The minimum Gasteiger partial charge on any atom is -0.381 e. The highest BCUT2D eigenvalue weighted by Crippen LogP contribution is 2.15. The summed E-state index contributed by atoms with van der Waals surface area (Å²) in [6, 6.07) is 6.43. The molecule has 0 amide bonds. The number of hydrogen-bond acceptors (Lipinski definition) is 3. The molecule has 0 aliphatic heterocycles. The van der Waals surface area contributed by atoms with Crippen LogP contribution in [0.2, 0.25) is 0 Å². The molecule has 0 spiro atoms. The van der Waals surface area contributed by atoms with Gasteiger partial charge in [0.05, 0.1) is 4.92 Å². The Balaban J connectivity index is 2.36. The maximum atomic E-state index is 10.5. The number of alkyl halides is 1. The third-order valence-corrected chi connectivity index (χ3v) is 2.91. The monoisotopic (exact) mass is 294 g/mol. The quantitative estimate of drug-likeness (QED) is 0.252. The molecule has 0 unspecified atom stereocenters. The van der Waals surface area contributed by atoms with Crippen LogP contribution in [0.1, 0.15) is 19.8 Å². The molecule has 0 aromatic heterocycles. The van der Waals surface area contributed by atoms with Gasteiger partial charge in [-0.3, -0.25) is 10.1 Å². The molecule has 5 heteroatoms. The van der Waals surface area contributed by atoms with Crippen molar-refractivity contribution >= 4 is 23.0 Å². The molecule has 1 rings (SSSR count). The van der Waals surface area contributed by atoms with E-state index in [0.717, 1.165) is 25.1 Å². The molecular weight excluding hydrogens is 276 g/mol. The number of allylic oxidation sites excluding steroid dienone is 3. The Morgan fingerprint density at radius 3 is 2.60 bits per heavy atom. The smallest absolute Gasteiger partial charge is 0.269 e. The fourth-order valence-electron chi connectivity index (χ4n) is 1.62. The van der Waals surface area contributed by atoms with Gasteiger partial charge in [-0.25, -0.2) is 0 Å². The zero-order valence-corrected chi connectivity index (χ0v) is 12.3. The van der Waals surface area contributed by atoms with Gasteiger partial charge < -0.3 is 5.32 Å². The Bertz CT molecular complexity index is 481. The van der Waals surface area contributed by atoms with Gasteiger partial charge in [0, 0.05) is 30.2 Å². The number of nitrogens with one attached hydrogen (secondary N) is 1. The van der Waals surface area contributed by atoms with Crippen LogP contribution in [0.5, 0.6) is 0 Å². The second kappa shape index (κ2) is 9.15. The van der Waals surface area contributed by atoms with Gasteiger partial charge in [0.1, 0.15) is 0 Å². The maximum absolute atomic E-state index is 10.5. The van der Waals surface area contributed by atoms with E-state index in [4.69, 9.17) is 11.6 Å². The second-order valence-corrected chi connectivity index (χ2v) is 4.72. The standard InChI is InChI=1S/C15H19ClN2O2/c1-13(6-4-2-3-5-11-16)12-17-14-7-9-15(10-8-14)18(19)20/h3,5-10,17H,2,4,11-12H2,1H3. The van der Waals surface area contributed by atoms with Crippen LogP contribution in [-0.4, -0.2) is 17.3 Å². The van der Waals surface area contributed by atoms with Gasteiger partial charge in [0.15, 0.2) is 0 Å². The first-order valence-corrected chi connectivity index (χ1v) is 7.02. The SMILES string of the molecule is CC(=CCCC=CCCl)CNc1ccc([N+](=O)[O-])cc1. The highest BCUT2D eigenvalue weighted by atomic mass is 35.5. The lowest BCUT2D eigenvalue weighted by Crippen LogP contribution is -2.02. The lowest BCUT2D eigenvalue weighted by Gasteiger charge is -2.06. The Morgan fingerprint density at radius 2 is 2.00 bits per heavy atom. The normalized spacial score (nSPS) is 11.8. The van der Waals surface area contributed by atoms with Crippen LogP contribution in [0.25, 0.3) is 0 Å². The predicted octanol–water partition coefficient (Wildman–Crippen LogP) is 4.53. The molecule has 0 fully saturated rings. The molecule has 0 atom stereocenters. The van der Waals surface area contributed by atoms with Crippen molar-refractivity contribution in [3.8, 4) is 0 Å². The summed E-state index contributed by atoms with van der Waals surface area (Å²) >= 11 is 5.54. The number of benzene rings is 1. The van der Waals surface area contributed by atoms with E-state index >= 15 is 0 Å². The molecule has 0 heterocycles. The molecule has 1 aromatic carbocycles. The van der Waals surface area contributed by atoms with Crippen molar-refractivity contribution < 1.29 is 4.92 Å². The van der Waals surface area contributed by atoms with E-state index in [9.17, 15) is 10.1 Å². The number of non-ortho nitro benzene ring substituents is 1. The molecule has 0 aliphatic rings. The fraction of sp³-hybridized carbons (Fsp3) is 0.333. The molecule has 0 bridgehead atoms. The minimum absolute atomic E-state index is 0.105. The summed E-state index contributed by atoms with van der Waals surface area (Å²) in [6.45, 7) is 2.79. The summed E-state index contributed by atoms with van der Waals surface area (Å²) in [6.07, 6.45) is 8.17. The van der Waals surface area contributed by atoms with Gasteiger partial charge in [-0.2, -0.15) is 0 Å². The van der Waals surface area contributed by atoms with Gasteiger partial charge >= 0.3 is 0 Å². The predicted molar refractivity (Wildman–Crippen MR) is 84.4 cm³/mol. The molecule has 4 nitrogen and oxygen atoms in total. The van der Waals surface area contributed by atoms with Gasteiger partial charge in [-0.15, -0.1) is 11.6 Å². The summed E-state index contributed by atoms with van der Waals surface area (Å²) < 4.78 is 0. The summed E-state index contributed by atoms with van der Waals surface area (Å²) in [5.74, 6) is 0.560. The maximum Gasteiger partial charge on any atom is 0.269 e. The number of nitro benzene ring substituents is 1. The molecule has 108 valence electrons. The van der Waals surface area contributed by atoms with Crippen LogP contribution in [0.15, 0.2) is 48.1 Å². The van der Waals surface area contributed by atoms with Crippen molar-refractivity contribution in [2.24, 2.45) is 0 Å². The zero-order chi connectivity index (χ0) is 14.8. The van der Waals surface area contributed by atoms with Crippen LogP contribution < -0.4 is 5.32 Å². The largest absolute Gasteiger partial charge is 0.381 e. The highest BCUT2D eigenvalue weighted by Gasteiger charge is 2.03. The molecule has 0 aliphatic carbocycles. The average Bonchev–Trinajstić information content (AvgIpc) is 2.45. The number of anilines is 1. The summed E-state index contributed by atoms with van der Waals surface area (Å²) in [5, 5.41) is 13.8. The molecule has 20 heavy (non-hydrogen) atoms. The summed E-state index contributed by atoms with van der Waals surface area (Å²) in [7, 11) is 0. The van der Waals surface area contributed by atoms with Crippen LogP contribution in [0.3, 0.4) is 0 Å². The van der Waals surface area contributed by atoms with Gasteiger partial charge in [-0.1, -0.05) is 23.8 Å². The summed E-state index contributed by atoms with van der Waals surface area (Å²) in [4.78, 5) is 10.1. The van der Waals surface area contributed by atoms with Gasteiger partial charge in [0.2, 0.25) is 0 Å².